The molecule has 0 aromatic heterocycles. The summed E-state index contributed by atoms with van der Waals surface area (Å²) in [5.74, 6) is 0.870. The normalized spacial score (nSPS) is 22.8. The van der Waals surface area contributed by atoms with E-state index in [1.807, 2.05) is 32.9 Å². The number of benzene rings is 2. The van der Waals surface area contributed by atoms with E-state index in [-0.39, 0.29) is 11.7 Å². The van der Waals surface area contributed by atoms with Crippen LogP contribution in [0.1, 0.15) is 62.1 Å². The van der Waals surface area contributed by atoms with Gasteiger partial charge in [-0.25, -0.2) is 4.39 Å². The van der Waals surface area contributed by atoms with Crippen LogP contribution in [0.3, 0.4) is 0 Å². The van der Waals surface area contributed by atoms with Gasteiger partial charge in [0.2, 0.25) is 0 Å². The van der Waals surface area contributed by atoms with Crippen molar-refractivity contribution in [2.45, 2.75) is 64.8 Å². The molecule has 0 bridgehead atoms. The van der Waals surface area contributed by atoms with Gasteiger partial charge in [0.05, 0.1) is 0 Å². The van der Waals surface area contributed by atoms with E-state index in [2.05, 4.69) is 40.1 Å². The molecule has 2 heterocycles. The first-order valence-electron chi connectivity index (χ1n) is 13.8. The number of halogens is 1. The Kier molecular flexibility index (Phi) is 9.19. The molecule has 5 heteroatoms. The van der Waals surface area contributed by atoms with E-state index < -0.39 is 12.0 Å². The number of likely N-dealkylation sites (tertiary alicyclic amines) is 2. The number of rotatable bonds is 10. The van der Waals surface area contributed by atoms with Crippen LogP contribution in [-0.4, -0.2) is 59.6 Å². The lowest BCUT2D eigenvalue weighted by atomic mass is 9.87. The highest BCUT2D eigenvalue weighted by molar-refractivity contribution is 5.73. The molecule has 2 aromatic carbocycles. The van der Waals surface area contributed by atoms with E-state index in [0.717, 1.165) is 57.0 Å². The molecule has 0 spiro atoms. The fraction of sp³-hybridized carbons (Fsp3) is 0.581. The maximum absolute atomic E-state index is 13.5. The lowest BCUT2D eigenvalue weighted by molar-refractivity contribution is -0.144. The molecule has 2 saturated heterocycles. The molecule has 2 aliphatic rings. The van der Waals surface area contributed by atoms with E-state index in [1.165, 1.54) is 30.4 Å². The highest BCUT2D eigenvalue weighted by Crippen LogP contribution is 2.36. The molecule has 2 aliphatic heterocycles. The van der Waals surface area contributed by atoms with Crippen molar-refractivity contribution in [2.24, 2.45) is 17.8 Å². The lowest BCUT2D eigenvalue weighted by Gasteiger charge is -2.35. The van der Waals surface area contributed by atoms with Gasteiger partial charge in [0.15, 0.2) is 0 Å². The SMILES string of the molecule is Cc1cc(CCCC2CCN(CC3CN(C(C(=O)O)C(C)C)CC3c3ccccc3)CC2)ccc1F. The first kappa shape index (κ1) is 26.8. The van der Waals surface area contributed by atoms with Crippen molar-refractivity contribution in [3.05, 3.63) is 71.0 Å². The number of nitrogens with zero attached hydrogens (tertiary/aromatic N) is 2. The monoisotopic (exact) mass is 494 g/mol. The number of carbonyl (C=O) groups is 1. The summed E-state index contributed by atoms with van der Waals surface area (Å²) >= 11 is 0. The van der Waals surface area contributed by atoms with E-state index in [1.54, 1.807) is 6.07 Å². The van der Waals surface area contributed by atoms with Crippen LogP contribution in [0, 0.1) is 30.5 Å². The number of hydrogen-bond acceptors (Lipinski definition) is 3. The van der Waals surface area contributed by atoms with E-state index >= 15 is 0 Å². The first-order chi connectivity index (χ1) is 17.3. The molecule has 2 fully saturated rings. The molecule has 2 aromatic rings. The Morgan fingerprint density at radius 2 is 1.81 bits per heavy atom. The van der Waals surface area contributed by atoms with E-state index in [0.29, 0.717) is 11.8 Å². The maximum atomic E-state index is 13.5. The van der Waals surface area contributed by atoms with Gasteiger partial charge in [-0.05, 0) is 86.2 Å². The number of aryl methyl sites for hydroxylation is 2. The van der Waals surface area contributed by atoms with Crippen LogP contribution in [0.2, 0.25) is 0 Å². The Hall–Kier alpha value is -2.24. The number of carboxylic acid groups (broad SMARTS) is 1. The average Bonchev–Trinajstić information content (AvgIpc) is 3.25. The van der Waals surface area contributed by atoms with Crippen molar-refractivity contribution in [1.82, 2.24) is 9.80 Å². The predicted octanol–water partition coefficient (Wildman–Crippen LogP) is 5.99. The van der Waals surface area contributed by atoms with Gasteiger partial charge in [-0.1, -0.05) is 62.7 Å². The van der Waals surface area contributed by atoms with Gasteiger partial charge in [0.25, 0.3) is 0 Å². The Balaban J connectivity index is 1.30. The van der Waals surface area contributed by atoms with Crippen LogP contribution in [-0.2, 0) is 11.2 Å². The van der Waals surface area contributed by atoms with Crippen LogP contribution in [0.5, 0.6) is 0 Å². The quantitative estimate of drug-likeness (QED) is 0.440. The average molecular weight is 495 g/mol. The molecule has 0 radical (unpaired) electrons. The zero-order chi connectivity index (χ0) is 25.7. The molecular formula is C31H43FN2O2. The fourth-order valence-electron chi connectivity index (χ4n) is 6.50. The molecule has 4 rings (SSSR count). The first-order valence-corrected chi connectivity index (χ1v) is 13.8. The molecule has 4 nitrogen and oxygen atoms in total. The summed E-state index contributed by atoms with van der Waals surface area (Å²) in [7, 11) is 0. The van der Waals surface area contributed by atoms with Crippen molar-refractivity contribution in [2.75, 3.05) is 32.7 Å². The standard InChI is InChI=1S/C31H43FN2O2/c1-22(2)30(31(35)36)34-20-27(28(21-34)26-10-5-4-6-11-26)19-33-16-14-24(15-17-33)8-7-9-25-12-13-29(32)23(3)18-25/h4-6,10-13,18,22,24,27-28,30H,7-9,14-17,19-21H2,1-3H3,(H,35,36). The van der Waals surface area contributed by atoms with E-state index in [4.69, 9.17) is 0 Å². The zero-order valence-corrected chi connectivity index (χ0v) is 22.2. The van der Waals surface area contributed by atoms with Gasteiger partial charge >= 0.3 is 5.97 Å². The second kappa shape index (κ2) is 12.3. The molecule has 3 unspecified atom stereocenters. The third-order valence-corrected chi connectivity index (χ3v) is 8.47. The maximum Gasteiger partial charge on any atom is 0.321 e. The Bertz CT molecular complexity index is 987. The fourth-order valence-corrected chi connectivity index (χ4v) is 6.50. The summed E-state index contributed by atoms with van der Waals surface area (Å²) in [6, 6.07) is 15.8. The molecule has 0 aliphatic carbocycles. The summed E-state index contributed by atoms with van der Waals surface area (Å²) in [5, 5.41) is 9.90. The van der Waals surface area contributed by atoms with Gasteiger partial charge in [-0.15, -0.1) is 0 Å². The minimum absolute atomic E-state index is 0.0900. The van der Waals surface area contributed by atoms with Crippen molar-refractivity contribution in [3.63, 3.8) is 0 Å². The van der Waals surface area contributed by atoms with Crippen molar-refractivity contribution in [3.8, 4) is 0 Å². The zero-order valence-electron chi connectivity index (χ0n) is 22.2. The topological polar surface area (TPSA) is 43.8 Å². The van der Waals surface area contributed by atoms with Gasteiger partial charge in [0, 0.05) is 25.6 Å². The van der Waals surface area contributed by atoms with Gasteiger partial charge in [-0.2, -0.15) is 0 Å². The second-order valence-electron chi connectivity index (χ2n) is 11.5. The molecule has 1 N–H and O–H groups in total. The number of piperidine rings is 1. The van der Waals surface area contributed by atoms with Gasteiger partial charge in [0.1, 0.15) is 11.9 Å². The third kappa shape index (κ3) is 6.74. The summed E-state index contributed by atoms with van der Waals surface area (Å²) in [6.07, 6.45) is 5.90. The Morgan fingerprint density at radius 3 is 2.44 bits per heavy atom. The summed E-state index contributed by atoms with van der Waals surface area (Å²) < 4.78 is 13.5. The van der Waals surface area contributed by atoms with Crippen molar-refractivity contribution in [1.29, 1.82) is 0 Å². The van der Waals surface area contributed by atoms with Crippen molar-refractivity contribution < 1.29 is 14.3 Å². The third-order valence-electron chi connectivity index (χ3n) is 8.47. The number of hydrogen-bond donors (Lipinski definition) is 1. The van der Waals surface area contributed by atoms with Crippen LogP contribution in [0.25, 0.3) is 0 Å². The van der Waals surface area contributed by atoms with Gasteiger partial charge in [-0.3, -0.25) is 9.69 Å². The van der Waals surface area contributed by atoms with E-state index in [9.17, 15) is 14.3 Å². The molecule has 0 saturated carbocycles. The number of carboxylic acids is 1. The highest BCUT2D eigenvalue weighted by atomic mass is 19.1. The molecule has 36 heavy (non-hydrogen) atoms. The van der Waals surface area contributed by atoms with Crippen LogP contribution in [0.15, 0.2) is 48.5 Å². The highest BCUT2D eigenvalue weighted by Gasteiger charge is 2.41. The minimum Gasteiger partial charge on any atom is -0.480 e. The molecule has 0 amide bonds. The molecular weight excluding hydrogens is 451 g/mol. The van der Waals surface area contributed by atoms with Crippen LogP contribution in [0.4, 0.5) is 4.39 Å². The summed E-state index contributed by atoms with van der Waals surface area (Å²) in [6.45, 7) is 10.9. The molecule has 196 valence electrons. The van der Waals surface area contributed by atoms with Gasteiger partial charge < -0.3 is 10.0 Å². The van der Waals surface area contributed by atoms with Crippen LogP contribution < -0.4 is 0 Å². The van der Waals surface area contributed by atoms with Crippen LogP contribution >= 0.6 is 0 Å². The summed E-state index contributed by atoms with van der Waals surface area (Å²) in [4.78, 5) is 16.9. The summed E-state index contributed by atoms with van der Waals surface area (Å²) in [5.41, 5.74) is 3.32. The Labute approximate surface area is 216 Å². The number of aliphatic carboxylic acids is 1. The van der Waals surface area contributed by atoms with Crippen molar-refractivity contribution >= 4 is 5.97 Å². The second-order valence-corrected chi connectivity index (χ2v) is 11.5. The Morgan fingerprint density at radius 1 is 1.08 bits per heavy atom. The lowest BCUT2D eigenvalue weighted by Crippen LogP contribution is -2.44. The molecule has 3 atom stereocenters. The largest absolute Gasteiger partial charge is 0.480 e. The smallest absolute Gasteiger partial charge is 0.321 e. The predicted molar refractivity (Wildman–Crippen MR) is 144 cm³/mol. The minimum atomic E-state index is -0.700.